The van der Waals surface area contributed by atoms with Crippen molar-refractivity contribution in [1.82, 2.24) is 24.5 Å². The summed E-state index contributed by atoms with van der Waals surface area (Å²) in [6.45, 7) is 6.17. The van der Waals surface area contributed by atoms with E-state index in [4.69, 9.17) is 9.72 Å². The smallest absolute Gasteiger partial charge is 0.410 e. The molecular weight excluding hydrogens is 548 g/mol. The normalized spacial score (nSPS) is 16.6. The number of hydrogen-bond acceptors (Lipinski definition) is 6. The van der Waals surface area contributed by atoms with Crippen molar-refractivity contribution in [2.75, 3.05) is 39.3 Å². The summed E-state index contributed by atoms with van der Waals surface area (Å²) in [5.74, 6) is -0.481. The number of aryl methyl sites for hydroxylation is 1. The molecule has 2 saturated heterocycles. The van der Waals surface area contributed by atoms with Gasteiger partial charge in [-0.05, 0) is 75.9 Å². The first kappa shape index (κ1) is 27.6. The summed E-state index contributed by atoms with van der Waals surface area (Å²) in [6, 6.07) is 9.96. The van der Waals surface area contributed by atoms with E-state index in [0.717, 1.165) is 54.8 Å². The Bertz CT molecular complexity index is 1590. The molecule has 2 amide bonds. The van der Waals surface area contributed by atoms with Gasteiger partial charge < -0.3 is 19.9 Å². The van der Waals surface area contributed by atoms with Crippen molar-refractivity contribution >= 4 is 38.5 Å². The van der Waals surface area contributed by atoms with E-state index in [0.29, 0.717) is 54.3 Å². The molecule has 2 fully saturated rings. The number of amides is 2. The summed E-state index contributed by atoms with van der Waals surface area (Å²) in [5, 5.41) is 2.99. The fourth-order valence-electron chi connectivity index (χ4n) is 5.65. The molecule has 1 N–H and O–H groups in total. The number of carbonyl (C=O) groups excluding carboxylic acids is 2. The van der Waals surface area contributed by atoms with Crippen LogP contribution in [0.25, 0.3) is 26.4 Å². The van der Waals surface area contributed by atoms with E-state index in [9.17, 15) is 14.0 Å². The number of thiazole rings is 1. The van der Waals surface area contributed by atoms with Crippen molar-refractivity contribution in [3.63, 3.8) is 0 Å². The fourth-order valence-corrected chi connectivity index (χ4v) is 6.76. The fraction of sp³-hybridized carbons (Fsp3) is 0.433. The number of imidazole rings is 1. The summed E-state index contributed by atoms with van der Waals surface area (Å²) >= 11 is 1.44. The monoisotopic (exact) mass is 581 g/mol. The molecule has 2 aliphatic heterocycles. The molecule has 8 nitrogen and oxygen atoms in total. The second-order valence-electron chi connectivity index (χ2n) is 10.8. The van der Waals surface area contributed by atoms with E-state index >= 15 is 4.39 Å². The molecule has 2 aromatic heterocycles. The maximum absolute atomic E-state index is 15.2. The van der Waals surface area contributed by atoms with Crippen molar-refractivity contribution in [1.29, 1.82) is 0 Å². The topological polar surface area (TPSA) is 79.2 Å². The van der Waals surface area contributed by atoms with Crippen LogP contribution >= 0.6 is 11.3 Å². The van der Waals surface area contributed by atoms with Crippen LogP contribution in [0.5, 0.6) is 5.75 Å². The number of ether oxygens (including phenoxy) is 1. The minimum absolute atomic E-state index is 0.134. The highest BCUT2D eigenvalue weighted by Gasteiger charge is 2.22. The first-order valence-corrected chi connectivity index (χ1v) is 15.0. The number of nitrogens with zero attached hydrogens (tertiary/aromatic N) is 4. The van der Waals surface area contributed by atoms with Crippen LogP contribution in [0.15, 0.2) is 36.4 Å². The van der Waals surface area contributed by atoms with E-state index in [1.807, 2.05) is 23.5 Å². The van der Waals surface area contributed by atoms with Gasteiger partial charge in [0.05, 0.1) is 15.9 Å². The number of nitrogens with one attached hydrogen (secondary N) is 1. The molecule has 4 aromatic rings. The molecule has 4 heterocycles. The first-order chi connectivity index (χ1) is 19.9. The van der Waals surface area contributed by atoms with Crippen LogP contribution in [0, 0.1) is 12.7 Å². The summed E-state index contributed by atoms with van der Waals surface area (Å²) in [5.41, 5.74) is 3.10. The summed E-state index contributed by atoms with van der Waals surface area (Å²) in [6.07, 6.45) is 2.77. The van der Waals surface area contributed by atoms with Gasteiger partial charge in [-0.15, -0.1) is 0 Å². The van der Waals surface area contributed by atoms with E-state index in [2.05, 4.69) is 10.2 Å². The van der Waals surface area contributed by atoms with Gasteiger partial charge in [0.25, 0.3) is 5.91 Å². The number of piperidine rings is 1. The number of fused-ring (bicyclic) bond motifs is 3. The lowest BCUT2D eigenvalue weighted by Crippen LogP contribution is -2.36. The van der Waals surface area contributed by atoms with Gasteiger partial charge in [0.2, 0.25) is 0 Å². The molecule has 41 heavy (non-hydrogen) atoms. The zero-order chi connectivity index (χ0) is 28.5. The van der Waals surface area contributed by atoms with Gasteiger partial charge in [-0.1, -0.05) is 11.3 Å². The van der Waals surface area contributed by atoms with Gasteiger partial charge in [-0.3, -0.25) is 9.20 Å². The largest absolute Gasteiger partial charge is 0.415 e. The average molecular weight is 582 g/mol. The standard InChI is InChI=1S/C30H33F2N5O3S/c1-19-27(23-7-6-22(18-24(23)32)40-30(39)36-13-2-3-14-36)34-29-37(19)25-8-5-20(17-26(25)41-29)28(38)33-11-4-12-35-15-9-21(31)10-16-35/h5-8,17-18,21H,2-4,9-16H2,1H3,(H,33,38). The van der Waals surface area contributed by atoms with E-state index in [1.54, 1.807) is 23.1 Å². The molecule has 0 aliphatic carbocycles. The highest BCUT2D eigenvalue weighted by molar-refractivity contribution is 7.23. The number of alkyl halides is 1. The van der Waals surface area contributed by atoms with Crippen LogP contribution < -0.4 is 10.1 Å². The predicted octanol–water partition coefficient (Wildman–Crippen LogP) is 5.81. The van der Waals surface area contributed by atoms with Gasteiger partial charge in [-0.2, -0.15) is 0 Å². The first-order valence-electron chi connectivity index (χ1n) is 14.2. The molecule has 2 aromatic carbocycles. The highest BCUT2D eigenvalue weighted by atomic mass is 32.1. The maximum atomic E-state index is 15.2. The zero-order valence-electron chi connectivity index (χ0n) is 23.0. The maximum Gasteiger partial charge on any atom is 0.415 e. The summed E-state index contributed by atoms with van der Waals surface area (Å²) in [4.78, 5) is 34.3. The Morgan fingerprint density at radius 3 is 2.63 bits per heavy atom. The highest BCUT2D eigenvalue weighted by Crippen LogP contribution is 2.35. The van der Waals surface area contributed by atoms with Gasteiger partial charge in [0.1, 0.15) is 17.7 Å². The quantitative estimate of drug-likeness (QED) is 0.279. The van der Waals surface area contributed by atoms with Crippen LogP contribution in [-0.2, 0) is 0 Å². The molecule has 0 atom stereocenters. The lowest BCUT2D eigenvalue weighted by molar-refractivity contribution is 0.0950. The van der Waals surface area contributed by atoms with Gasteiger partial charge in [-0.25, -0.2) is 18.6 Å². The lowest BCUT2D eigenvalue weighted by Gasteiger charge is -2.28. The number of halogens is 2. The number of hydrogen-bond donors (Lipinski definition) is 1. The van der Waals surface area contributed by atoms with Gasteiger partial charge in [0.15, 0.2) is 4.96 Å². The Labute approximate surface area is 240 Å². The van der Waals surface area contributed by atoms with Gasteiger partial charge in [0, 0.05) is 55.6 Å². The number of benzene rings is 2. The minimum atomic E-state index is -0.679. The van der Waals surface area contributed by atoms with Crippen molar-refractivity contribution in [2.24, 2.45) is 0 Å². The van der Waals surface area contributed by atoms with Gasteiger partial charge >= 0.3 is 6.09 Å². The number of rotatable bonds is 7. The molecule has 0 saturated carbocycles. The van der Waals surface area contributed by atoms with Crippen molar-refractivity contribution < 1.29 is 23.1 Å². The summed E-state index contributed by atoms with van der Waals surface area (Å²) < 4.78 is 36.7. The molecule has 6 rings (SSSR count). The van der Waals surface area contributed by atoms with Crippen LogP contribution in [0.1, 0.15) is 48.2 Å². The third-order valence-electron chi connectivity index (χ3n) is 7.96. The Kier molecular flexibility index (Phi) is 7.90. The van der Waals surface area contributed by atoms with Crippen molar-refractivity contribution in [2.45, 2.75) is 45.2 Å². The minimum Gasteiger partial charge on any atom is -0.410 e. The molecule has 2 aliphatic rings. The third kappa shape index (κ3) is 5.78. The molecule has 11 heteroatoms. The van der Waals surface area contributed by atoms with Crippen LogP contribution in [0.4, 0.5) is 13.6 Å². The third-order valence-corrected chi connectivity index (χ3v) is 8.96. The Morgan fingerprint density at radius 2 is 1.88 bits per heavy atom. The van der Waals surface area contributed by atoms with Crippen LogP contribution in [-0.4, -0.2) is 76.6 Å². The molecular formula is C30H33F2N5O3S. The number of carbonyl (C=O) groups is 2. The molecule has 0 spiro atoms. The zero-order valence-corrected chi connectivity index (χ0v) is 23.8. The lowest BCUT2D eigenvalue weighted by atomic mass is 10.1. The van der Waals surface area contributed by atoms with E-state index in [-0.39, 0.29) is 11.7 Å². The number of likely N-dealkylation sites (tertiary alicyclic amines) is 2. The van der Waals surface area contributed by atoms with Crippen LogP contribution in [0.3, 0.4) is 0 Å². The Balaban J connectivity index is 1.13. The Hall–Kier alpha value is -3.57. The number of aromatic nitrogens is 2. The van der Waals surface area contributed by atoms with E-state index in [1.165, 1.54) is 17.4 Å². The molecule has 0 bridgehead atoms. The summed E-state index contributed by atoms with van der Waals surface area (Å²) in [7, 11) is 0. The Morgan fingerprint density at radius 1 is 1.10 bits per heavy atom. The molecule has 0 radical (unpaired) electrons. The SMILES string of the molecule is Cc1c(-c2ccc(OC(=O)N3CCCC3)cc2F)nc2sc3cc(C(=O)NCCCN4CCC(F)CC4)ccc3n12. The predicted molar refractivity (Wildman–Crippen MR) is 155 cm³/mol. The molecule has 216 valence electrons. The molecule has 0 unspecified atom stereocenters. The second-order valence-corrected chi connectivity index (χ2v) is 11.8. The second kappa shape index (κ2) is 11.7. The average Bonchev–Trinajstić information content (AvgIpc) is 3.69. The van der Waals surface area contributed by atoms with Crippen molar-refractivity contribution in [3.05, 3.63) is 53.5 Å². The van der Waals surface area contributed by atoms with E-state index < -0.39 is 18.1 Å². The van der Waals surface area contributed by atoms with Crippen molar-refractivity contribution in [3.8, 4) is 17.0 Å². The van der Waals surface area contributed by atoms with Crippen LogP contribution in [0.2, 0.25) is 0 Å².